The number of fused-ring (bicyclic) bond motifs is 1. The molecule has 1 amide bonds. The predicted octanol–water partition coefficient (Wildman–Crippen LogP) is 3.14. The van der Waals surface area contributed by atoms with Crippen molar-refractivity contribution in [3.8, 4) is 5.75 Å². The van der Waals surface area contributed by atoms with Gasteiger partial charge in [0.15, 0.2) is 1.41 Å². The second kappa shape index (κ2) is 8.78. The Bertz CT molecular complexity index is 1620. The van der Waals surface area contributed by atoms with Crippen molar-refractivity contribution >= 4 is 16.8 Å². The number of aromatic nitrogens is 1. The fourth-order valence-electron chi connectivity index (χ4n) is 2.65. The molecule has 1 aliphatic rings. The number of benzene rings is 1. The van der Waals surface area contributed by atoms with Gasteiger partial charge in [-0.1, -0.05) is 19.0 Å². The van der Waals surface area contributed by atoms with E-state index in [2.05, 4.69) is 0 Å². The van der Waals surface area contributed by atoms with Gasteiger partial charge in [-0.05, 0) is 64.0 Å². The Kier molecular flexibility index (Phi) is 2.35. The topological polar surface area (TPSA) is 74.6 Å². The fraction of sp³-hybridized carbons (Fsp3) is 0.545. The van der Waals surface area contributed by atoms with E-state index in [0.29, 0.717) is 6.92 Å². The van der Waals surface area contributed by atoms with Crippen molar-refractivity contribution in [2.24, 2.45) is 5.89 Å². The van der Waals surface area contributed by atoms with E-state index in [1.807, 2.05) is 0 Å². The monoisotopic (exact) mass is 403 g/mol. The zero-order valence-electron chi connectivity index (χ0n) is 33.2. The first kappa shape index (κ1) is 7.48. The van der Waals surface area contributed by atoms with Crippen LogP contribution in [0.15, 0.2) is 29.0 Å². The van der Waals surface area contributed by atoms with Crippen LogP contribution in [0, 0.1) is 5.89 Å². The summed E-state index contributed by atoms with van der Waals surface area (Å²) in [6.45, 7) is -9.92. The van der Waals surface area contributed by atoms with E-state index in [0.717, 1.165) is 6.92 Å². The standard InChI is InChI=1S/C22H31N3O3/c1-15(2)25-18-10-5-4-9-17(18)20(26)19(22(25)28)21(27)23-11-7-13-24-12-6-8-16(3)14-24/h4-5,9-10,15-16,26H,6-8,11-14H2,1-3H3,(H,23,27)/i1D3,4D,5D,6D2,8D2,9D,10D,12D2,14D2,15D,16D/hD. The lowest BCUT2D eigenvalue weighted by Gasteiger charge is -2.30. The number of carbonyl (C=O) groups is 1. The second-order valence-corrected chi connectivity index (χ2v) is 5.96. The molecule has 1 aliphatic heterocycles. The Hall–Kier alpha value is -2.34. The van der Waals surface area contributed by atoms with E-state index < -0.39 is 122 Å². The highest BCUT2D eigenvalue weighted by Crippen LogP contribution is 2.27. The van der Waals surface area contributed by atoms with Crippen molar-refractivity contribution in [3.05, 3.63) is 40.1 Å². The Morgan fingerprint density at radius 3 is 3.18 bits per heavy atom. The number of para-hydroxylation sites is 1. The Morgan fingerprint density at radius 2 is 2.39 bits per heavy atom. The quantitative estimate of drug-likeness (QED) is 0.777. The molecule has 1 aromatic heterocycles. The van der Waals surface area contributed by atoms with Crippen molar-refractivity contribution in [2.75, 3.05) is 26.1 Å². The van der Waals surface area contributed by atoms with Gasteiger partial charge in [0.1, 0.15) is 11.3 Å². The number of amides is 1. The largest absolute Gasteiger partial charge is 0.506 e. The maximum absolute atomic E-state index is 13.6. The SMILES string of the molecule is [2H]c1c([2H])c([2H])c2c(c1[2H])c(O)c(C(=O)N([2H])CCCN1C([2H])([2H])C([2H])([2H])C([2H])([2H])C([2H])(C)C1([2H])[2H])c(=O)n2C([2H])(C)C([2H])([2H])[2H]. The van der Waals surface area contributed by atoms with E-state index >= 15 is 0 Å². The lowest BCUT2D eigenvalue weighted by molar-refractivity contribution is 0.0945. The van der Waals surface area contributed by atoms with Crippen LogP contribution in [-0.4, -0.2) is 46.6 Å². The van der Waals surface area contributed by atoms with E-state index in [-0.39, 0.29) is 14.8 Å². The number of nitrogens with zero attached hydrogens (tertiary/aromatic N) is 2. The second-order valence-electron chi connectivity index (χ2n) is 5.96. The predicted molar refractivity (Wildman–Crippen MR) is 112 cm³/mol. The number of piperidine rings is 1. The minimum absolute atomic E-state index is 0.0256. The van der Waals surface area contributed by atoms with Crippen molar-refractivity contribution < 1.29 is 34.6 Å². The zero-order chi connectivity index (χ0) is 36.1. The van der Waals surface area contributed by atoms with E-state index in [1.54, 1.807) is 0 Å². The summed E-state index contributed by atoms with van der Waals surface area (Å²) in [4.78, 5) is 27.3. The third kappa shape index (κ3) is 4.22. The van der Waals surface area contributed by atoms with Gasteiger partial charge in [0.2, 0.25) is 0 Å². The van der Waals surface area contributed by atoms with Crippen LogP contribution in [0.4, 0.5) is 0 Å². The van der Waals surface area contributed by atoms with Gasteiger partial charge >= 0.3 is 0 Å². The van der Waals surface area contributed by atoms with E-state index in [4.69, 9.17) is 24.7 Å². The number of hydrogen-bond donors (Lipinski definition) is 2. The summed E-state index contributed by atoms with van der Waals surface area (Å²) >= 11 is 0. The Balaban J connectivity index is 2.12. The average Bonchev–Trinajstić information content (AvgIpc) is 2.90. The molecule has 6 heteroatoms. The highest BCUT2D eigenvalue weighted by atomic mass is 16.3. The average molecular weight is 404 g/mol. The molecule has 28 heavy (non-hydrogen) atoms. The minimum atomic E-state index is -3.42. The van der Waals surface area contributed by atoms with Gasteiger partial charge in [0, 0.05) is 40.9 Å². The van der Waals surface area contributed by atoms with Gasteiger partial charge in [-0.3, -0.25) is 9.59 Å². The van der Waals surface area contributed by atoms with Crippen molar-refractivity contribution in [3.63, 3.8) is 0 Å². The van der Waals surface area contributed by atoms with Crippen molar-refractivity contribution in [2.45, 2.75) is 45.9 Å². The van der Waals surface area contributed by atoms with Gasteiger partial charge in [-0.2, -0.15) is 0 Å². The molecule has 152 valence electrons. The molecular weight excluding hydrogens is 354 g/mol. The maximum atomic E-state index is 13.6. The summed E-state index contributed by atoms with van der Waals surface area (Å²) in [7, 11) is 0. The Morgan fingerprint density at radius 1 is 1.61 bits per heavy atom. The first-order chi connectivity index (χ1) is 20.4. The van der Waals surface area contributed by atoms with Crippen LogP contribution in [0.2, 0.25) is 1.41 Å². The number of aromatic hydroxyl groups is 1. The smallest absolute Gasteiger partial charge is 0.267 e. The summed E-state index contributed by atoms with van der Waals surface area (Å²) in [5.74, 6) is -5.84. The maximum Gasteiger partial charge on any atom is 0.267 e. The number of hydrogen-bond acceptors (Lipinski definition) is 4. The molecular formula is C22H31N3O3. The molecule has 1 saturated heterocycles. The van der Waals surface area contributed by atoms with Gasteiger partial charge in [-0.15, -0.1) is 0 Å². The first-order valence-corrected chi connectivity index (χ1v) is 8.36. The van der Waals surface area contributed by atoms with Gasteiger partial charge in [0.25, 0.3) is 11.5 Å². The molecule has 2 aromatic rings. The molecule has 0 radical (unpaired) electrons. The number of pyridine rings is 1. The van der Waals surface area contributed by atoms with Gasteiger partial charge in [0.05, 0.1) is 12.4 Å². The molecule has 2 heterocycles. The fourth-order valence-corrected chi connectivity index (χ4v) is 2.65. The Labute approximate surface area is 191 Å². The zero-order valence-corrected chi connectivity index (χ0v) is 15.2. The van der Waals surface area contributed by atoms with Gasteiger partial charge in [-0.25, -0.2) is 0 Å². The number of nitrogens with one attached hydrogen (secondary N) is 1. The summed E-state index contributed by atoms with van der Waals surface area (Å²) < 4.78 is 146. The molecule has 2 N–H and O–H groups in total. The molecule has 6 nitrogen and oxygen atoms in total. The van der Waals surface area contributed by atoms with Crippen LogP contribution < -0.4 is 10.9 Å². The van der Waals surface area contributed by atoms with Crippen LogP contribution in [0.1, 0.15) is 79.5 Å². The normalized spacial score (nSPS) is 39.6. The summed E-state index contributed by atoms with van der Waals surface area (Å²) in [5, 5.41) is 10.1. The molecule has 0 bridgehead atoms. The first-order valence-electron chi connectivity index (χ1n) is 17.3. The van der Waals surface area contributed by atoms with E-state index in [9.17, 15) is 14.7 Å². The lowest BCUT2D eigenvalue weighted by Crippen LogP contribution is -2.38. The highest BCUT2D eigenvalue weighted by molar-refractivity contribution is 6.02. The minimum Gasteiger partial charge on any atom is -0.506 e. The molecule has 2 atom stereocenters. The molecule has 1 aromatic carbocycles. The number of rotatable bonds is 6. The molecule has 0 spiro atoms. The van der Waals surface area contributed by atoms with Crippen LogP contribution in [0.3, 0.4) is 0 Å². The molecule has 0 saturated carbocycles. The van der Waals surface area contributed by atoms with E-state index in [1.165, 1.54) is 0 Å². The van der Waals surface area contributed by atoms with Crippen LogP contribution in [0.25, 0.3) is 10.9 Å². The molecule has 0 aliphatic carbocycles. The molecule has 1 fully saturated rings. The van der Waals surface area contributed by atoms with Crippen molar-refractivity contribution in [1.82, 2.24) is 14.8 Å². The number of likely N-dealkylation sites (tertiary alicyclic amines) is 1. The van der Waals surface area contributed by atoms with Crippen LogP contribution >= 0.6 is 0 Å². The van der Waals surface area contributed by atoms with Crippen LogP contribution in [0.5, 0.6) is 5.75 Å². The third-order valence-corrected chi connectivity index (χ3v) is 3.87. The number of carbonyl (C=O) groups excluding carboxylic acids is 1. The lowest BCUT2D eigenvalue weighted by atomic mass is 10.0. The summed E-state index contributed by atoms with van der Waals surface area (Å²) in [6, 6.07) is -6.84. The third-order valence-electron chi connectivity index (χ3n) is 3.87. The van der Waals surface area contributed by atoms with Crippen LogP contribution in [-0.2, 0) is 0 Å². The molecule has 3 rings (SSSR count). The van der Waals surface area contributed by atoms with Crippen molar-refractivity contribution in [1.29, 1.82) is 0 Å². The summed E-state index contributed by atoms with van der Waals surface area (Å²) in [5.41, 5.74) is -3.91. The molecule has 2 unspecified atom stereocenters. The van der Waals surface area contributed by atoms with Gasteiger partial charge < -0.3 is 19.9 Å². The summed E-state index contributed by atoms with van der Waals surface area (Å²) in [6.07, 6.45) is -7.30. The highest BCUT2D eigenvalue weighted by Gasteiger charge is 2.23.